The molecule has 0 bridgehead atoms. The normalized spacial score (nSPS) is 19.2. The van der Waals surface area contributed by atoms with Crippen molar-refractivity contribution in [2.24, 2.45) is 0 Å². The van der Waals surface area contributed by atoms with Gasteiger partial charge in [0.2, 0.25) is 0 Å². The first-order valence-corrected chi connectivity index (χ1v) is 7.70. The highest BCUT2D eigenvalue weighted by molar-refractivity contribution is 5.75. The lowest BCUT2D eigenvalue weighted by Crippen LogP contribution is -2.41. The average Bonchev–Trinajstić information content (AvgIpc) is 2.71. The highest BCUT2D eigenvalue weighted by Gasteiger charge is 2.21. The molecule has 1 aliphatic rings. The highest BCUT2D eigenvalue weighted by atomic mass is 16.5. The summed E-state index contributed by atoms with van der Waals surface area (Å²) in [5, 5.41) is 3.20. The van der Waals surface area contributed by atoms with Crippen molar-refractivity contribution in [1.82, 2.24) is 10.2 Å². The molecule has 0 aliphatic heterocycles. The lowest BCUT2D eigenvalue weighted by molar-refractivity contribution is -0.143. The zero-order chi connectivity index (χ0) is 14.1. The Morgan fingerprint density at radius 1 is 1.32 bits per heavy atom. The third kappa shape index (κ3) is 5.91. The Balaban J connectivity index is 2.37. The minimum absolute atomic E-state index is 0.142. The second-order valence-electron chi connectivity index (χ2n) is 5.55. The number of carbonyl (C=O) groups is 1. The fourth-order valence-corrected chi connectivity index (χ4v) is 2.91. The number of hydrogen-bond donors (Lipinski definition) is 1. The van der Waals surface area contributed by atoms with E-state index in [2.05, 4.69) is 17.3 Å². The Kier molecular flexibility index (Phi) is 8.07. The summed E-state index contributed by atoms with van der Waals surface area (Å²) in [5.74, 6) is -0.142. The molecule has 0 saturated heterocycles. The first-order valence-electron chi connectivity index (χ1n) is 7.70. The van der Waals surface area contributed by atoms with Crippen LogP contribution in [0, 0.1) is 0 Å². The topological polar surface area (TPSA) is 41.6 Å². The van der Waals surface area contributed by atoms with Gasteiger partial charge in [0.15, 0.2) is 0 Å². The molecule has 0 aromatic rings. The average molecular weight is 270 g/mol. The Hall–Kier alpha value is -0.610. The van der Waals surface area contributed by atoms with Crippen molar-refractivity contribution in [2.75, 3.05) is 27.2 Å². The molecule has 0 spiro atoms. The number of hydrogen-bond acceptors (Lipinski definition) is 4. The molecule has 4 nitrogen and oxygen atoms in total. The molecule has 1 fully saturated rings. The van der Waals surface area contributed by atoms with E-state index in [1.54, 1.807) is 0 Å². The lowest BCUT2D eigenvalue weighted by atomic mass is 10.1. The number of nitrogens with one attached hydrogen (secondary N) is 1. The molecular weight excluding hydrogens is 240 g/mol. The standard InChI is InChI=1S/C15H30N2O2/c1-4-16-14(15(18)19-3)11-12-17(2)13-9-7-5-6-8-10-13/h13-14,16H,4-12H2,1-3H3. The summed E-state index contributed by atoms with van der Waals surface area (Å²) in [6, 6.07) is 0.533. The van der Waals surface area contributed by atoms with Crippen LogP contribution in [-0.4, -0.2) is 50.2 Å². The zero-order valence-electron chi connectivity index (χ0n) is 12.8. The van der Waals surface area contributed by atoms with Crippen molar-refractivity contribution in [3.63, 3.8) is 0 Å². The minimum Gasteiger partial charge on any atom is -0.468 e. The molecule has 0 radical (unpaired) electrons. The molecule has 1 rings (SSSR count). The predicted molar refractivity (Wildman–Crippen MR) is 78.2 cm³/mol. The van der Waals surface area contributed by atoms with Gasteiger partial charge in [0.1, 0.15) is 6.04 Å². The molecule has 112 valence electrons. The molecule has 0 amide bonds. The van der Waals surface area contributed by atoms with Gasteiger partial charge in [0.05, 0.1) is 7.11 Å². The molecule has 0 aromatic heterocycles. The summed E-state index contributed by atoms with van der Waals surface area (Å²) in [7, 11) is 3.65. The zero-order valence-corrected chi connectivity index (χ0v) is 12.8. The monoisotopic (exact) mass is 270 g/mol. The van der Waals surface area contributed by atoms with E-state index in [0.29, 0.717) is 6.04 Å². The van der Waals surface area contributed by atoms with Crippen LogP contribution in [-0.2, 0) is 9.53 Å². The van der Waals surface area contributed by atoms with E-state index in [1.807, 2.05) is 6.92 Å². The molecule has 4 heteroatoms. The molecule has 1 saturated carbocycles. The Morgan fingerprint density at radius 3 is 2.47 bits per heavy atom. The van der Waals surface area contributed by atoms with Crippen LogP contribution in [0.25, 0.3) is 0 Å². The lowest BCUT2D eigenvalue weighted by Gasteiger charge is -2.28. The second-order valence-corrected chi connectivity index (χ2v) is 5.55. The number of rotatable bonds is 7. The number of methoxy groups -OCH3 is 1. The van der Waals surface area contributed by atoms with E-state index >= 15 is 0 Å². The molecule has 1 atom stereocenters. The van der Waals surface area contributed by atoms with E-state index in [0.717, 1.165) is 19.5 Å². The van der Waals surface area contributed by atoms with Crippen LogP contribution < -0.4 is 5.32 Å². The first-order chi connectivity index (χ1) is 9.19. The third-order valence-corrected chi connectivity index (χ3v) is 4.15. The van der Waals surface area contributed by atoms with Crippen LogP contribution in [0.15, 0.2) is 0 Å². The van der Waals surface area contributed by atoms with Crippen molar-refractivity contribution in [3.8, 4) is 0 Å². The summed E-state index contributed by atoms with van der Waals surface area (Å²) < 4.78 is 4.84. The van der Waals surface area contributed by atoms with Crippen molar-refractivity contribution in [1.29, 1.82) is 0 Å². The summed E-state index contributed by atoms with van der Waals surface area (Å²) in [5.41, 5.74) is 0. The molecule has 0 aromatic carbocycles. The van der Waals surface area contributed by atoms with E-state index in [-0.39, 0.29) is 12.0 Å². The van der Waals surface area contributed by atoms with Crippen molar-refractivity contribution in [3.05, 3.63) is 0 Å². The van der Waals surface area contributed by atoms with E-state index in [1.165, 1.54) is 45.6 Å². The highest BCUT2D eigenvalue weighted by Crippen LogP contribution is 2.21. The number of carbonyl (C=O) groups excluding carboxylic acids is 1. The van der Waals surface area contributed by atoms with Gasteiger partial charge in [-0.05, 0) is 32.9 Å². The summed E-state index contributed by atoms with van der Waals surface area (Å²) in [4.78, 5) is 14.1. The van der Waals surface area contributed by atoms with E-state index in [9.17, 15) is 4.79 Å². The Bertz CT molecular complexity index is 251. The maximum Gasteiger partial charge on any atom is 0.322 e. The van der Waals surface area contributed by atoms with Crippen LogP contribution >= 0.6 is 0 Å². The van der Waals surface area contributed by atoms with E-state index in [4.69, 9.17) is 4.74 Å². The van der Waals surface area contributed by atoms with E-state index < -0.39 is 0 Å². The number of ether oxygens (including phenoxy) is 1. The number of nitrogens with zero attached hydrogens (tertiary/aromatic N) is 1. The Labute approximate surface area is 117 Å². The van der Waals surface area contributed by atoms with Crippen LogP contribution in [0.4, 0.5) is 0 Å². The molecule has 19 heavy (non-hydrogen) atoms. The summed E-state index contributed by atoms with van der Waals surface area (Å²) >= 11 is 0. The molecule has 1 unspecified atom stereocenters. The fourth-order valence-electron chi connectivity index (χ4n) is 2.91. The second kappa shape index (κ2) is 9.32. The SMILES string of the molecule is CCNC(CCN(C)C1CCCCCC1)C(=O)OC. The minimum atomic E-state index is -0.164. The molecular formula is C15H30N2O2. The van der Waals surface area contributed by atoms with Gasteiger partial charge < -0.3 is 15.0 Å². The van der Waals surface area contributed by atoms with Gasteiger partial charge in [-0.1, -0.05) is 32.6 Å². The fraction of sp³-hybridized carbons (Fsp3) is 0.933. The van der Waals surface area contributed by atoms with Crippen molar-refractivity contribution < 1.29 is 9.53 Å². The van der Waals surface area contributed by atoms with Gasteiger partial charge in [-0.2, -0.15) is 0 Å². The van der Waals surface area contributed by atoms with Gasteiger partial charge >= 0.3 is 5.97 Å². The van der Waals surface area contributed by atoms with Crippen LogP contribution in [0.1, 0.15) is 51.9 Å². The van der Waals surface area contributed by atoms with Gasteiger partial charge in [-0.15, -0.1) is 0 Å². The molecule has 0 heterocycles. The maximum atomic E-state index is 11.6. The van der Waals surface area contributed by atoms with Crippen molar-refractivity contribution >= 4 is 5.97 Å². The largest absolute Gasteiger partial charge is 0.468 e. The quantitative estimate of drug-likeness (QED) is 0.569. The van der Waals surface area contributed by atoms with Crippen molar-refractivity contribution in [2.45, 2.75) is 64.0 Å². The molecule has 1 aliphatic carbocycles. The smallest absolute Gasteiger partial charge is 0.322 e. The van der Waals surface area contributed by atoms with Gasteiger partial charge in [-0.25, -0.2) is 0 Å². The van der Waals surface area contributed by atoms with Gasteiger partial charge in [-0.3, -0.25) is 4.79 Å². The van der Waals surface area contributed by atoms with Crippen LogP contribution in [0.3, 0.4) is 0 Å². The van der Waals surface area contributed by atoms with Crippen LogP contribution in [0.2, 0.25) is 0 Å². The molecule has 1 N–H and O–H groups in total. The third-order valence-electron chi connectivity index (χ3n) is 4.15. The Morgan fingerprint density at radius 2 is 1.95 bits per heavy atom. The predicted octanol–water partition coefficient (Wildman–Crippen LogP) is 2.18. The maximum absolute atomic E-state index is 11.6. The summed E-state index contributed by atoms with van der Waals surface area (Å²) in [6.45, 7) is 3.77. The first kappa shape index (κ1) is 16.4. The van der Waals surface area contributed by atoms with Gasteiger partial charge in [0.25, 0.3) is 0 Å². The number of esters is 1. The summed E-state index contributed by atoms with van der Waals surface area (Å²) in [6.07, 6.45) is 8.90. The van der Waals surface area contributed by atoms with Crippen LogP contribution in [0.5, 0.6) is 0 Å². The number of likely N-dealkylation sites (N-methyl/N-ethyl adjacent to an activating group) is 1. The van der Waals surface area contributed by atoms with Gasteiger partial charge in [0, 0.05) is 12.6 Å².